The zero-order chi connectivity index (χ0) is 12.3. The molecule has 0 unspecified atom stereocenters. The molecule has 0 amide bonds. The number of nitrogen functional groups attached to an aromatic ring is 1. The number of hydrogen-bond donors (Lipinski definition) is 1. The molecule has 2 aromatic rings. The van der Waals surface area contributed by atoms with Gasteiger partial charge in [0.05, 0.1) is 18.1 Å². The number of aromatic nitrogens is 2. The molecule has 0 aliphatic carbocycles. The molecule has 0 saturated heterocycles. The second-order valence-electron chi connectivity index (χ2n) is 3.80. The molecule has 2 rings (SSSR count). The minimum absolute atomic E-state index is 0.560. The minimum atomic E-state index is 0.560. The van der Waals surface area contributed by atoms with E-state index in [0.717, 1.165) is 10.6 Å². The van der Waals surface area contributed by atoms with Gasteiger partial charge in [-0.1, -0.05) is 23.7 Å². The van der Waals surface area contributed by atoms with Crippen molar-refractivity contribution in [2.24, 2.45) is 0 Å². The van der Waals surface area contributed by atoms with Crippen molar-refractivity contribution in [3.05, 3.63) is 47.2 Å². The lowest BCUT2D eigenvalue weighted by atomic mass is 10.2. The Bertz CT molecular complexity index is 498. The summed E-state index contributed by atoms with van der Waals surface area (Å²) in [4.78, 5) is 10.2. The van der Waals surface area contributed by atoms with Gasteiger partial charge in [0.1, 0.15) is 0 Å². The van der Waals surface area contributed by atoms with Crippen LogP contribution in [0.15, 0.2) is 36.7 Å². The van der Waals surface area contributed by atoms with Crippen LogP contribution in [0.25, 0.3) is 0 Å². The first-order valence-electron chi connectivity index (χ1n) is 5.18. The summed E-state index contributed by atoms with van der Waals surface area (Å²) in [5.74, 6) is 0.638. The fourth-order valence-electron chi connectivity index (χ4n) is 1.51. The normalized spacial score (nSPS) is 10.2. The van der Waals surface area contributed by atoms with Crippen LogP contribution in [0.5, 0.6) is 0 Å². The minimum Gasteiger partial charge on any atom is -0.396 e. The van der Waals surface area contributed by atoms with E-state index in [1.165, 1.54) is 0 Å². The molecule has 0 bridgehead atoms. The Hall–Kier alpha value is -1.81. The lowest BCUT2D eigenvalue weighted by molar-refractivity contribution is 0.867. The molecule has 4 nitrogen and oxygen atoms in total. The predicted octanol–water partition coefficient (Wildman–Crippen LogP) is 2.35. The number of benzene rings is 1. The third kappa shape index (κ3) is 3.07. The SMILES string of the molecule is CN(Cc1cccc(Cl)c1)c1ncc(N)cn1. The molecule has 0 radical (unpaired) electrons. The molecule has 1 aromatic heterocycles. The van der Waals surface area contributed by atoms with Gasteiger partial charge in [-0.3, -0.25) is 0 Å². The molecular formula is C12H13ClN4. The first-order valence-corrected chi connectivity index (χ1v) is 5.56. The van der Waals surface area contributed by atoms with E-state index in [-0.39, 0.29) is 0 Å². The number of rotatable bonds is 3. The Morgan fingerprint density at radius 1 is 1.29 bits per heavy atom. The van der Waals surface area contributed by atoms with Crippen LogP contribution in [-0.4, -0.2) is 17.0 Å². The molecule has 88 valence electrons. The van der Waals surface area contributed by atoms with Crippen LogP contribution < -0.4 is 10.6 Å². The van der Waals surface area contributed by atoms with E-state index < -0.39 is 0 Å². The summed E-state index contributed by atoms with van der Waals surface area (Å²) in [5, 5.41) is 0.731. The van der Waals surface area contributed by atoms with Crippen molar-refractivity contribution < 1.29 is 0 Å². The Labute approximate surface area is 105 Å². The van der Waals surface area contributed by atoms with Gasteiger partial charge in [-0.2, -0.15) is 0 Å². The molecule has 2 N–H and O–H groups in total. The molecule has 1 heterocycles. The van der Waals surface area contributed by atoms with Crippen molar-refractivity contribution >= 4 is 23.2 Å². The number of anilines is 2. The topological polar surface area (TPSA) is 55.0 Å². The highest BCUT2D eigenvalue weighted by Gasteiger charge is 2.04. The highest BCUT2D eigenvalue weighted by atomic mass is 35.5. The summed E-state index contributed by atoms with van der Waals surface area (Å²) >= 11 is 5.93. The van der Waals surface area contributed by atoms with Crippen molar-refractivity contribution in [2.45, 2.75) is 6.54 Å². The summed E-state index contributed by atoms with van der Waals surface area (Å²) in [6.07, 6.45) is 3.19. The summed E-state index contributed by atoms with van der Waals surface area (Å²) in [5.41, 5.74) is 7.21. The largest absolute Gasteiger partial charge is 0.396 e. The van der Waals surface area contributed by atoms with Crippen molar-refractivity contribution in [3.63, 3.8) is 0 Å². The number of hydrogen-bond acceptors (Lipinski definition) is 4. The summed E-state index contributed by atoms with van der Waals surface area (Å²) in [6, 6.07) is 7.72. The molecule has 5 heteroatoms. The second kappa shape index (κ2) is 5.01. The first-order chi connectivity index (χ1) is 8.15. The van der Waals surface area contributed by atoms with E-state index in [1.54, 1.807) is 12.4 Å². The van der Waals surface area contributed by atoms with Crippen molar-refractivity contribution in [2.75, 3.05) is 17.7 Å². The lowest BCUT2D eigenvalue weighted by Gasteiger charge is -2.16. The monoisotopic (exact) mass is 248 g/mol. The number of nitrogens with two attached hydrogens (primary N) is 1. The first kappa shape index (κ1) is 11.7. The summed E-state index contributed by atoms with van der Waals surface area (Å²) < 4.78 is 0. The van der Waals surface area contributed by atoms with Crippen LogP contribution in [0.3, 0.4) is 0 Å². The highest BCUT2D eigenvalue weighted by molar-refractivity contribution is 6.30. The van der Waals surface area contributed by atoms with Crippen molar-refractivity contribution in [1.29, 1.82) is 0 Å². The van der Waals surface area contributed by atoms with Crippen LogP contribution >= 0.6 is 11.6 Å². The van der Waals surface area contributed by atoms with Crippen LogP contribution in [0.1, 0.15) is 5.56 Å². The molecule has 1 aromatic carbocycles. The van der Waals surface area contributed by atoms with Gasteiger partial charge < -0.3 is 10.6 Å². The zero-order valence-electron chi connectivity index (χ0n) is 9.47. The van der Waals surface area contributed by atoms with E-state index in [0.29, 0.717) is 18.2 Å². The average Bonchev–Trinajstić information content (AvgIpc) is 2.29. The zero-order valence-corrected chi connectivity index (χ0v) is 10.2. The third-order valence-electron chi connectivity index (χ3n) is 2.31. The van der Waals surface area contributed by atoms with Crippen LogP contribution in [0.4, 0.5) is 11.6 Å². The van der Waals surface area contributed by atoms with Gasteiger partial charge in [0, 0.05) is 18.6 Å². The molecule has 0 aliphatic heterocycles. The summed E-state index contributed by atoms with van der Waals surface area (Å²) in [7, 11) is 1.92. The van der Waals surface area contributed by atoms with Crippen molar-refractivity contribution in [1.82, 2.24) is 9.97 Å². The highest BCUT2D eigenvalue weighted by Crippen LogP contribution is 2.14. The maximum absolute atomic E-state index is 5.93. The van der Waals surface area contributed by atoms with Gasteiger partial charge in [-0.25, -0.2) is 9.97 Å². The number of nitrogens with zero attached hydrogens (tertiary/aromatic N) is 3. The maximum atomic E-state index is 5.93. The maximum Gasteiger partial charge on any atom is 0.225 e. The smallest absolute Gasteiger partial charge is 0.225 e. The quantitative estimate of drug-likeness (QED) is 0.906. The fraction of sp³-hybridized carbons (Fsp3) is 0.167. The lowest BCUT2D eigenvalue weighted by Crippen LogP contribution is -2.19. The molecule has 0 atom stereocenters. The average molecular weight is 249 g/mol. The van der Waals surface area contributed by atoms with E-state index in [4.69, 9.17) is 17.3 Å². The van der Waals surface area contributed by atoms with Gasteiger partial charge in [0.15, 0.2) is 0 Å². The Balaban J connectivity index is 2.11. The summed E-state index contributed by atoms with van der Waals surface area (Å²) in [6.45, 7) is 0.699. The van der Waals surface area contributed by atoms with Crippen LogP contribution in [-0.2, 0) is 6.54 Å². The van der Waals surface area contributed by atoms with Gasteiger partial charge in [-0.05, 0) is 17.7 Å². The van der Waals surface area contributed by atoms with Gasteiger partial charge in [0.25, 0.3) is 0 Å². The van der Waals surface area contributed by atoms with E-state index in [9.17, 15) is 0 Å². The molecule has 0 saturated carbocycles. The molecule has 0 fully saturated rings. The number of halogens is 1. The van der Waals surface area contributed by atoms with E-state index >= 15 is 0 Å². The van der Waals surface area contributed by atoms with Gasteiger partial charge >= 0.3 is 0 Å². The predicted molar refractivity (Wildman–Crippen MR) is 70.0 cm³/mol. The Kier molecular flexibility index (Phi) is 3.44. The Morgan fingerprint density at radius 2 is 2.00 bits per heavy atom. The fourth-order valence-corrected chi connectivity index (χ4v) is 1.72. The molecular weight excluding hydrogens is 236 g/mol. The van der Waals surface area contributed by atoms with E-state index in [1.807, 2.05) is 36.2 Å². The molecule has 17 heavy (non-hydrogen) atoms. The van der Waals surface area contributed by atoms with Gasteiger partial charge in [-0.15, -0.1) is 0 Å². The molecule has 0 aliphatic rings. The molecule has 0 spiro atoms. The second-order valence-corrected chi connectivity index (χ2v) is 4.24. The Morgan fingerprint density at radius 3 is 2.65 bits per heavy atom. The standard InChI is InChI=1S/C12H13ClN4/c1-17(12-15-6-11(14)7-16-12)8-9-3-2-4-10(13)5-9/h2-7H,8,14H2,1H3. The van der Waals surface area contributed by atoms with Crippen LogP contribution in [0.2, 0.25) is 5.02 Å². The van der Waals surface area contributed by atoms with Crippen molar-refractivity contribution in [3.8, 4) is 0 Å². The third-order valence-corrected chi connectivity index (χ3v) is 2.54. The van der Waals surface area contributed by atoms with E-state index in [2.05, 4.69) is 9.97 Å². The van der Waals surface area contributed by atoms with Gasteiger partial charge in [0.2, 0.25) is 5.95 Å². The van der Waals surface area contributed by atoms with Crippen LogP contribution in [0, 0.1) is 0 Å².